The number of nitrogens with one attached hydrogen (secondary N) is 1. The lowest BCUT2D eigenvalue weighted by Crippen LogP contribution is -2.35. The van der Waals surface area contributed by atoms with E-state index in [1.54, 1.807) is 31.2 Å². The van der Waals surface area contributed by atoms with Crippen molar-refractivity contribution in [3.63, 3.8) is 0 Å². The molecule has 1 atom stereocenters. The molecular weight excluding hydrogens is 428 g/mol. The highest BCUT2D eigenvalue weighted by Crippen LogP contribution is 2.30. The lowest BCUT2D eigenvalue weighted by molar-refractivity contribution is -0.122. The monoisotopic (exact) mass is 452 g/mol. The number of piperidine rings is 1. The fourth-order valence-corrected chi connectivity index (χ4v) is 4.96. The van der Waals surface area contributed by atoms with Crippen LogP contribution in [0, 0.1) is 0 Å². The van der Waals surface area contributed by atoms with Crippen LogP contribution in [0.2, 0.25) is 5.02 Å². The summed E-state index contributed by atoms with van der Waals surface area (Å²) in [5, 5.41) is 3.20. The van der Waals surface area contributed by atoms with Gasteiger partial charge in [-0.3, -0.25) is 4.79 Å². The second-order valence-electron chi connectivity index (χ2n) is 7.03. The zero-order valence-corrected chi connectivity index (χ0v) is 18.5. The SMILES string of the molecule is COc1ccc(S(=O)(=O)N2CCCCC2)cc1NC(=O)[C@H](C)Oc1cccc(Cl)c1. The first-order valence-corrected chi connectivity index (χ1v) is 11.5. The van der Waals surface area contributed by atoms with Gasteiger partial charge in [0.05, 0.1) is 17.7 Å². The number of anilines is 1. The number of hydrogen-bond acceptors (Lipinski definition) is 5. The van der Waals surface area contributed by atoms with Crippen molar-refractivity contribution in [2.24, 2.45) is 0 Å². The van der Waals surface area contributed by atoms with Crippen LogP contribution in [-0.4, -0.2) is 44.9 Å². The molecule has 1 aliphatic rings. The molecule has 1 heterocycles. The number of carbonyl (C=O) groups excluding carboxylic acids is 1. The summed E-state index contributed by atoms with van der Waals surface area (Å²) in [5.41, 5.74) is 0.266. The zero-order chi connectivity index (χ0) is 21.7. The van der Waals surface area contributed by atoms with Gasteiger partial charge in [-0.2, -0.15) is 4.31 Å². The van der Waals surface area contributed by atoms with Crippen LogP contribution in [0.5, 0.6) is 11.5 Å². The van der Waals surface area contributed by atoms with Crippen molar-refractivity contribution in [2.75, 3.05) is 25.5 Å². The van der Waals surface area contributed by atoms with Gasteiger partial charge in [0.15, 0.2) is 6.10 Å². The van der Waals surface area contributed by atoms with Crippen molar-refractivity contribution < 1.29 is 22.7 Å². The Balaban J connectivity index is 1.78. The maximum Gasteiger partial charge on any atom is 0.265 e. The molecule has 3 rings (SSSR count). The summed E-state index contributed by atoms with van der Waals surface area (Å²) < 4.78 is 38.3. The maximum atomic E-state index is 13.0. The topological polar surface area (TPSA) is 84.9 Å². The Bertz CT molecular complexity index is 1010. The molecule has 0 aliphatic carbocycles. The molecule has 2 aromatic carbocycles. The van der Waals surface area contributed by atoms with E-state index in [-0.39, 0.29) is 10.6 Å². The van der Waals surface area contributed by atoms with Crippen LogP contribution in [0.1, 0.15) is 26.2 Å². The molecule has 1 fully saturated rings. The minimum Gasteiger partial charge on any atom is -0.495 e. The Hall–Kier alpha value is -2.29. The van der Waals surface area contributed by atoms with Gasteiger partial charge in [-0.05, 0) is 56.2 Å². The third kappa shape index (κ3) is 5.24. The van der Waals surface area contributed by atoms with Gasteiger partial charge in [0.2, 0.25) is 10.0 Å². The largest absolute Gasteiger partial charge is 0.495 e. The van der Waals surface area contributed by atoms with Crippen LogP contribution in [-0.2, 0) is 14.8 Å². The maximum absolute atomic E-state index is 13.0. The summed E-state index contributed by atoms with van der Waals surface area (Å²) in [6, 6.07) is 11.2. The van der Waals surface area contributed by atoms with Gasteiger partial charge in [-0.15, -0.1) is 0 Å². The zero-order valence-electron chi connectivity index (χ0n) is 16.9. The van der Waals surface area contributed by atoms with E-state index in [9.17, 15) is 13.2 Å². The molecule has 9 heteroatoms. The number of ether oxygens (including phenoxy) is 2. The van der Waals surface area contributed by atoms with Crippen molar-refractivity contribution in [3.8, 4) is 11.5 Å². The molecule has 162 valence electrons. The van der Waals surface area contributed by atoms with Gasteiger partial charge >= 0.3 is 0 Å². The lowest BCUT2D eigenvalue weighted by Gasteiger charge is -2.26. The molecular formula is C21H25ClN2O5S. The fourth-order valence-electron chi connectivity index (χ4n) is 3.23. The molecule has 0 unspecified atom stereocenters. The van der Waals surface area contributed by atoms with Gasteiger partial charge in [0.1, 0.15) is 11.5 Å². The first-order chi connectivity index (χ1) is 14.3. The first-order valence-electron chi connectivity index (χ1n) is 9.72. The van der Waals surface area contributed by atoms with Crippen LogP contribution < -0.4 is 14.8 Å². The molecule has 30 heavy (non-hydrogen) atoms. The third-order valence-electron chi connectivity index (χ3n) is 4.86. The normalized spacial score (nSPS) is 16.0. The van der Waals surface area contributed by atoms with Crippen LogP contribution in [0.3, 0.4) is 0 Å². The summed E-state index contributed by atoms with van der Waals surface area (Å²) in [4.78, 5) is 12.8. The van der Waals surface area contributed by atoms with Gasteiger partial charge < -0.3 is 14.8 Å². The van der Waals surface area contributed by atoms with Crippen molar-refractivity contribution in [1.82, 2.24) is 4.31 Å². The summed E-state index contributed by atoms with van der Waals surface area (Å²) in [5.74, 6) is 0.371. The highest BCUT2D eigenvalue weighted by atomic mass is 35.5. The Morgan fingerprint density at radius 2 is 1.87 bits per heavy atom. The molecule has 2 aromatic rings. The lowest BCUT2D eigenvalue weighted by atomic mass is 10.2. The molecule has 0 saturated carbocycles. The van der Waals surface area contributed by atoms with Crippen LogP contribution in [0.4, 0.5) is 5.69 Å². The Morgan fingerprint density at radius 3 is 2.53 bits per heavy atom. The number of benzene rings is 2. The van der Waals surface area contributed by atoms with Gasteiger partial charge in [-0.25, -0.2) is 8.42 Å². The molecule has 0 spiro atoms. The number of halogens is 1. The molecule has 1 amide bonds. The molecule has 0 aromatic heterocycles. The standard InChI is InChI=1S/C21H25ClN2O5S/c1-15(29-17-8-6-7-16(22)13-17)21(25)23-19-14-18(9-10-20(19)28-2)30(26,27)24-11-4-3-5-12-24/h6-10,13-15H,3-5,11-12H2,1-2H3,(H,23,25)/t15-/m0/s1. The molecule has 1 N–H and O–H groups in total. The van der Waals surface area contributed by atoms with Crippen molar-refractivity contribution in [1.29, 1.82) is 0 Å². The molecule has 1 aliphatic heterocycles. The average Bonchev–Trinajstić information content (AvgIpc) is 2.74. The number of methoxy groups -OCH3 is 1. The minimum atomic E-state index is -3.64. The summed E-state index contributed by atoms with van der Waals surface area (Å²) in [7, 11) is -2.18. The molecule has 7 nitrogen and oxygen atoms in total. The fraction of sp³-hybridized carbons (Fsp3) is 0.381. The van der Waals surface area contributed by atoms with Gasteiger partial charge in [-0.1, -0.05) is 24.1 Å². The summed E-state index contributed by atoms with van der Waals surface area (Å²) in [6.45, 7) is 2.60. The number of nitrogens with zero attached hydrogens (tertiary/aromatic N) is 1. The number of carbonyl (C=O) groups is 1. The predicted octanol–water partition coefficient (Wildman–Crippen LogP) is 3.93. The smallest absolute Gasteiger partial charge is 0.265 e. The molecule has 0 radical (unpaired) electrons. The Labute approximate surface area is 182 Å². The van der Waals surface area contributed by atoms with Gasteiger partial charge in [0.25, 0.3) is 5.91 Å². The second kappa shape index (κ2) is 9.68. The minimum absolute atomic E-state index is 0.115. The predicted molar refractivity (Wildman–Crippen MR) is 116 cm³/mol. The van der Waals surface area contributed by atoms with E-state index in [0.717, 1.165) is 19.3 Å². The third-order valence-corrected chi connectivity index (χ3v) is 6.99. The Morgan fingerprint density at radius 1 is 1.13 bits per heavy atom. The molecule has 1 saturated heterocycles. The quantitative estimate of drug-likeness (QED) is 0.688. The first kappa shape index (κ1) is 22.4. The van der Waals surface area contributed by atoms with E-state index in [4.69, 9.17) is 21.1 Å². The van der Waals surface area contributed by atoms with E-state index in [1.165, 1.54) is 29.6 Å². The van der Waals surface area contributed by atoms with Crippen LogP contribution in [0.15, 0.2) is 47.4 Å². The second-order valence-corrected chi connectivity index (χ2v) is 9.41. The van der Waals surface area contributed by atoms with Crippen molar-refractivity contribution in [3.05, 3.63) is 47.5 Å². The highest BCUT2D eigenvalue weighted by Gasteiger charge is 2.27. The van der Waals surface area contributed by atoms with Crippen molar-refractivity contribution >= 4 is 33.2 Å². The van der Waals surface area contributed by atoms with E-state index >= 15 is 0 Å². The van der Waals surface area contributed by atoms with E-state index in [0.29, 0.717) is 29.6 Å². The number of amides is 1. The van der Waals surface area contributed by atoms with Crippen LogP contribution >= 0.6 is 11.6 Å². The number of rotatable bonds is 7. The average molecular weight is 453 g/mol. The number of sulfonamides is 1. The van der Waals surface area contributed by atoms with E-state index < -0.39 is 22.0 Å². The summed E-state index contributed by atoms with van der Waals surface area (Å²) in [6.07, 6.45) is 1.88. The number of hydrogen-bond donors (Lipinski definition) is 1. The molecule has 0 bridgehead atoms. The van der Waals surface area contributed by atoms with E-state index in [1.807, 2.05) is 0 Å². The van der Waals surface area contributed by atoms with Crippen LogP contribution in [0.25, 0.3) is 0 Å². The Kier molecular flexibility index (Phi) is 7.23. The van der Waals surface area contributed by atoms with E-state index in [2.05, 4.69) is 5.32 Å². The van der Waals surface area contributed by atoms with Gasteiger partial charge in [0, 0.05) is 18.1 Å². The highest BCUT2D eigenvalue weighted by molar-refractivity contribution is 7.89. The summed E-state index contributed by atoms with van der Waals surface area (Å²) >= 11 is 5.94. The van der Waals surface area contributed by atoms with Crippen molar-refractivity contribution in [2.45, 2.75) is 37.2 Å².